The zero-order valence-electron chi connectivity index (χ0n) is 22.8. The first kappa shape index (κ1) is 30.4. The summed E-state index contributed by atoms with van der Waals surface area (Å²) >= 11 is 5.30. The van der Waals surface area contributed by atoms with E-state index in [2.05, 4.69) is 15.9 Å². The van der Waals surface area contributed by atoms with E-state index in [9.17, 15) is 13.5 Å². The van der Waals surface area contributed by atoms with Gasteiger partial charge in [-0.3, -0.25) is 0 Å². The molecular formula is C31H34BrNO5S2. The molecule has 0 aliphatic heterocycles. The van der Waals surface area contributed by atoms with Gasteiger partial charge in [-0.1, -0.05) is 53.7 Å². The van der Waals surface area contributed by atoms with E-state index >= 15 is 0 Å². The van der Waals surface area contributed by atoms with Crippen molar-refractivity contribution in [1.82, 2.24) is 4.31 Å². The first-order valence-electron chi connectivity index (χ1n) is 13.0. The lowest BCUT2D eigenvalue weighted by molar-refractivity contribution is 0.0422. The molecule has 9 heteroatoms. The molecule has 0 bridgehead atoms. The van der Waals surface area contributed by atoms with Crippen molar-refractivity contribution < 1.29 is 23.0 Å². The molecule has 0 spiro atoms. The standard InChI is InChI=1S/C31H34BrNO5S2/c1-22-12-15-26(16-13-22)40(35,36)33(2)20-18-24-8-7-11-27(34)30(24)38-31-28(37-3)17-14-23(29(31)32)19-21-39-25-9-5-4-6-10-25/h4-6,8-10,12-17,19,21,27,30,34H,7,11,18,20H2,1-3H3/b21-19+/t27-,30-/m1/s1. The van der Waals surface area contributed by atoms with Gasteiger partial charge in [0.15, 0.2) is 11.5 Å². The first-order valence-corrected chi connectivity index (χ1v) is 16.1. The summed E-state index contributed by atoms with van der Waals surface area (Å²) < 4.78 is 40.3. The van der Waals surface area contributed by atoms with Crippen LogP contribution < -0.4 is 9.47 Å². The number of methoxy groups -OCH3 is 1. The maximum atomic E-state index is 13.1. The number of rotatable bonds is 11. The number of allylic oxidation sites excluding steroid dienone is 1. The van der Waals surface area contributed by atoms with Crippen LogP contribution >= 0.6 is 27.7 Å². The monoisotopic (exact) mass is 643 g/mol. The summed E-state index contributed by atoms with van der Waals surface area (Å²) in [4.78, 5) is 1.39. The minimum absolute atomic E-state index is 0.256. The van der Waals surface area contributed by atoms with Crippen LogP contribution in [0.25, 0.3) is 6.08 Å². The zero-order chi connectivity index (χ0) is 28.7. The van der Waals surface area contributed by atoms with Gasteiger partial charge in [0.2, 0.25) is 10.0 Å². The Bertz CT molecular complexity index is 1460. The highest BCUT2D eigenvalue weighted by Crippen LogP contribution is 2.41. The quantitative estimate of drug-likeness (QED) is 0.178. The van der Waals surface area contributed by atoms with Gasteiger partial charge in [0.25, 0.3) is 0 Å². The molecule has 4 rings (SSSR count). The van der Waals surface area contributed by atoms with Crippen molar-refractivity contribution in [2.75, 3.05) is 20.7 Å². The molecule has 212 valence electrons. The smallest absolute Gasteiger partial charge is 0.242 e. The van der Waals surface area contributed by atoms with Crippen LogP contribution in [0.4, 0.5) is 0 Å². The van der Waals surface area contributed by atoms with E-state index in [1.165, 1.54) is 4.31 Å². The summed E-state index contributed by atoms with van der Waals surface area (Å²) in [5.74, 6) is 1.03. The molecule has 0 fully saturated rings. The van der Waals surface area contributed by atoms with Crippen LogP contribution in [0.2, 0.25) is 0 Å². The summed E-state index contributed by atoms with van der Waals surface area (Å²) in [6, 6.07) is 20.7. The van der Waals surface area contributed by atoms with Gasteiger partial charge in [0, 0.05) is 18.5 Å². The van der Waals surface area contributed by atoms with Crippen LogP contribution in [0, 0.1) is 6.92 Å². The van der Waals surface area contributed by atoms with Gasteiger partial charge in [-0.15, -0.1) is 0 Å². The Labute approximate surface area is 249 Å². The Morgan fingerprint density at radius 2 is 1.82 bits per heavy atom. The normalized spacial score (nSPS) is 17.7. The highest BCUT2D eigenvalue weighted by Gasteiger charge is 2.31. The van der Waals surface area contributed by atoms with Crippen molar-refractivity contribution >= 4 is 43.8 Å². The third kappa shape index (κ3) is 7.39. The van der Waals surface area contributed by atoms with Gasteiger partial charge in [0.1, 0.15) is 6.10 Å². The first-order chi connectivity index (χ1) is 19.2. The second-order valence-electron chi connectivity index (χ2n) is 9.59. The second kappa shape index (κ2) is 13.9. The average Bonchev–Trinajstić information content (AvgIpc) is 2.95. The van der Waals surface area contributed by atoms with E-state index in [0.29, 0.717) is 35.2 Å². The molecule has 0 saturated heterocycles. The van der Waals surface area contributed by atoms with Crippen molar-refractivity contribution in [3.8, 4) is 11.5 Å². The number of nitrogens with zero attached hydrogens (tertiary/aromatic N) is 1. The van der Waals surface area contributed by atoms with Crippen LogP contribution in [0.15, 0.2) is 98.1 Å². The molecule has 0 amide bonds. The molecule has 1 aliphatic carbocycles. The fourth-order valence-corrected chi connectivity index (χ4v) is 6.83. The number of aliphatic hydroxyl groups excluding tert-OH is 1. The van der Waals surface area contributed by atoms with Gasteiger partial charge < -0.3 is 14.6 Å². The molecule has 0 aromatic heterocycles. The van der Waals surface area contributed by atoms with Crippen LogP contribution in [0.3, 0.4) is 0 Å². The predicted octanol–water partition coefficient (Wildman–Crippen LogP) is 7.07. The Balaban J connectivity index is 1.51. The number of hydrogen-bond acceptors (Lipinski definition) is 6. The van der Waals surface area contributed by atoms with E-state index in [0.717, 1.165) is 21.6 Å². The lowest BCUT2D eigenvalue weighted by atomic mass is 9.91. The zero-order valence-corrected chi connectivity index (χ0v) is 26.0. The fraction of sp³-hybridized carbons (Fsp3) is 0.290. The van der Waals surface area contributed by atoms with Crippen LogP contribution in [-0.2, 0) is 10.0 Å². The molecule has 0 unspecified atom stereocenters. The molecule has 40 heavy (non-hydrogen) atoms. The minimum Gasteiger partial charge on any atom is -0.493 e. The summed E-state index contributed by atoms with van der Waals surface area (Å²) in [5, 5.41) is 13.0. The van der Waals surface area contributed by atoms with Crippen LogP contribution in [0.1, 0.15) is 30.4 Å². The van der Waals surface area contributed by atoms with Crippen molar-refractivity contribution in [1.29, 1.82) is 0 Å². The molecule has 0 heterocycles. The van der Waals surface area contributed by atoms with Gasteiger partial charge in [-0.25, -0.2) is 12.7 Å². The third-order valence-electron chi connectivity index (χ3n) is 6.78. The van der Waals surface area contributed by atoms with E-state index < -0.39 is 22.2 Å². The van der Waals surface area contributed by atoms with E-state index in [1.54, 1.807) is 50.2 Å². The third-order valence-corrected chi connectivity index (χ3v) is 10.3. The molecule has 3 aromatic carbocycles. The van der Waals surface area contributed by atoms with Crippen molar-refractivity contribution in [3.63, 3.8) is 0 Å². The Kier molecular flexibility index (Phi) is 10.5. The lowest BCUT2D eigenvalue weighted by Gasteiger charge is -2.31. The number of aryl methyl sites for hydroxylation is 1. The number of hydrogen-bond donors (Lipinski definition) is 1. The van der Waals surface area contributed by atoms with Crippen molar-refractivity contribution in [3.05, 3.63) is 99.4 Å². The molecule has 1 N–H and O–H groups in total. The Hall–Kier alpha value is -2.56. The van der Waals surface area contributed by atoms with E-state index in [-0.39, 0.29) is 11.4 Å². The van der Waals surface area contributed by atoms with Gasteiger partial charge in [-0.05, 0) is 101 Å². The van der Waals surface area contributed by atoms with Crippen molar-refractivity contribution in [2.45, 2.75) is 48.2 Å². The maximum Gasteiger partial charge on any atom is 0.242 e. The molecule has 3 aromatic rings. The van der Waals surface area contributed by atoms with Crippen molar-refractivity contribution in [2.24, 2.45) is 0 Å². The molecular weight excluding hydrogens is 610 g/mol. The second-order valence-corrected chi connectivity index (χ2v) is 13.4. The molecule has 0 saturated carbocycles. The molecule has 1 aliphatic rings. The van der Waals surface area contributed by atoms with Crippen LogP contribution in [0.5, 0.6) is 11.5 Å². The molecule has 2 atom stereocenters. The van der Waals surface area contributed by atoms with Gasteiger partial charge in [-0.2, -0.15) is 0 Å². The van der Waals surface area contributed by atoms with E-state index in [1.807, 2.05) is 66.9 Å². The van der Waals surface area contributed by atoms with Crippen LogP contribution in [-0.4, -0.2) is 50.7 Å². The number of thioether (sulfide) groups is 1. The number of sulfonamides is 1. The SMILES string of the molecule is COc1ccc(/C=C/Sc2ccccc2)c(Br)c1O[C@@H]1C(CCN(C)S(=O)(=O)c2ccc(C)cc2)=CCC[C@H]1O. The topological polar surface area (TPSA) is 76.1 Å². The maximum absolute atomic E-state index is 13.1. The highest BCUT2D eigenvalue weighted by molar-refractivity contribution is 9.10. The van der Waals surface area contributed by atoms with Gasteiger partial charge >= 0.3 is 0 Å². The average molecular weight is 645 g/mol. The Morgan fingerprint density at radius 3 is 2.52 bits per heavy atom. The number of ether oxygens (including phenoxy) is 2. The largest absolute Gasteiger partial charge is 0.493 e. The number of aliphatic hydroxyl groups is 1. The fourth-order valence-electron chi connectivity index (χ4n) is 4.41. The number of halogens is 1. The lowest BCUT2D eigenvalue weighted by Crippen LogP contribution is -2.38. The summed E-state index contributed by atoms with van der Waals surface area (Å²) in [6.45, 7) is 2.18. The van der Waals surface area contributed by atoms with E-state index in [4.69, 9.17) is 9.47 Å². The Morgan fingerprint density at radius 1 is 1.10 bits per heavy atom. The predicted molar refractivity (Wildman–Crippen MR) is 165 cm³/mol. The number of benzene rings is 3. The summed E-state index contributed by atoms with van der Waals surface area (Å²) in [6.07, 6.45) is 4.35. The minimum atomic E-state index is -3.63. The summed E-state index contributed by atoms with van der Waals surface area (Å²) in [5.41, 5.74) is 2.76. The molecule has 6 nitrogen and oxygen atoms in total. The summed E-state index contributed by atoms with van der Waals surface area (Å²) in [7, 11) is -0.478. The highest BCUT2D eigenvalue weighted by atomic mass is 79.9. The molecule has 0 radical (unpaired) electrons. The van der Waals surface area contributed by atoms with Gasteiger partial charge in [0.05, 0.1) is 22.6 Å².